The first-order valence-electron chi connectivity index (χ1n) is 11.2. The normalized spacial score (nSPS) is 17.0. The number of amides is 4. The molecule has 9 nitrogen and oxygen atoms in total. The molecule has 1 atom stereocenters. The fraction of sp³-hybridized carbons (Fsp3) is 0.200. The quantitative estimate of drug-likeness (QED) is 0.398. The largest absolute Gasteiger partial charge is 0.573 e. The van der Waals surface area contributed by atoms with E-state index in [1.165, 1.54) is 24.1 Å². The van der Waals surface area contributed by atoms with Crippen LogP contribution in [0.1, 0.15) is 23.2 Å². The van der Waals surface area contributed by atoms with Crippen LogP contribution >= 0.6 is 0 Å². The molecule has 0 aromatic heterocycles. The van der Waals surface area contributed by atoms with E-state index in [0.29, 0.717) is 28.6 Å². The van der Waals surface area contributed by atoms with Crippen molar-refractivity contribution in [1.82, 2.24) is 5.32 Å². The first-order chi connectivity index (χ1) is 17.9. The van der Waals surface area contributed by atoms with Gasteiger partial charge in [0, 0.05) is 24.9 Å². The highest BCUT2D eigenvalue weighted by atomic mass is 19.4. The number of ether oxygens (including phenoxy) is 2. The molecule has 0 aliphatic carbocycles. The Labute approximate surface area is 211 Å². The third-order valence-electron chi connectivity index (χ3n) is 6.17. The van der Waals surface area contributed by atoms with Gasteiger partial charge in [-0.15, -0.1) is 13.2 Å². The summed E-state index contributed by atoms with van der Waals surface area (Å²) < 4.78 is 60.5. The minimum Gasteiger partial charge on any atom is -0.410 e. The number of carbonyl (C=O) groups is 4. The molecule has 3 aromatic rings. The van der Waals surface area contributed by atoms with Gasteiger partial charge in [0.2, 0.25) is 11.8 Å². The number of rotatable bonds is 4. The van der Waals surface area contributed by atoms with E-state index >= 15 is 0 Å². The molecule has 1 unspecified atom stereocenters. The van der Waals surface area contributed by atoms with Crippen molar-refractivity contribution in [3.8, 4) is 11.5 Å². The topological polar surface area (TPSA) is 105 Å². The molecule has 13 heteroatoms. The maximum absolute atomic E-state index is 13.8. The third kappa shape index (κ3) is 4.46. The summed E-state index contributed by atoms with van der Waals surface area (Å²) in [6.07, 6.45) is -5.96. The molecular formula is C25H17F4N3O6. The van der Waals surface area contributed by atoms with Gasteiger partial charge in [0.15, 0.2) is 11.6 Å². The number of carbonyl (C=O) groups excluding carboxylic acids is 4. The average Bonchev–Trinajstić information content (AvgIpc) is 3.12. The zero-order chi connectivity index (χ0) is 27.4. The summed E-state index contributed by atoms with van der Waals surface area (Å²) in [6.45, 7) is 0. The fourth-order valence-corrected chi connectivity index (χ4v) is 4.46. The van der Waals surface area contributed by atoms with E-state index in [-0.39, 0.29) is 29.8 Å². The van der Waals surface area contributed by atoms with E-state index in [9.17, 15) is 36.7 Å². The molecule has 1 fully saturated rings. The second-order valence-corrected chi connectivity index (χ2v) is 8.58. The van der Waals surface area contributed by atoms with Crippen molar-refractivity contribution in [2.75, 3.05) is 16.8 Å². The highest BCUT2D eigenvalue weighted by molar-refractivity contribution is 6.27. The molecule has 1 N–H and O–H groups in total. The Morgan fingerprint density at radius 1 is 1.11 bits per heavy atom. The van der Waals surface area contributed by atoms with Gasteiger partial charge in [0.25, 0.3) is 5.91 Å². The Bertz CT molecular complexity index is 1520. The predicted octanol–water partition coefficient (Wildman–Crippen LogP) is 4.28. The Balaban J connectivity index is 1.42. The van der Waals surface area contributed by atoms with E-state index in [1.54, 1.807) is 18.2 Å². The predicted molar refractivity (Wildman–Crippen MR) is 124 cm³/mol. The molecule has 0 saturated carbocycles. The zero-order valence-corrected chi connectivity index (χ0v) is 19.5. The molecule has 0 bridgehead atoms. The molecule has 196 valence electrons. The van der Waals surface area contributed by atoms with Crippen molar-refractivity contribution in [3.63, 3.8) is 0 Å². The number of nitrogens with one attached hydrogen (secondary N) is 1. The lowest BCUT2D eigenvalue weighted by molar-refractivity contribution is -0.275. The minimum atomic E-state index is -5.14. The molecule has 0 radical (unpaired) electrons. The monoisotopic (exact) mass is 531 g/mol. The van der Waals surface area contributed by atoms with Gasteiger partial charge in [-0.25, -0.2) is 9.18 Å². The molecule has 2 heterocycles. The molecule has 5 rings (SSSR count). The lowest BCUT2D eigenvalue weighted by Gasteiger charge is -2.30. The summed E-state index contributed by atoms with van der Waals surface area (Å²) in [4.78, 5) is 52.3. The van der Waals surface area contributed by atoms with Crippen LogP contribution in [0.2, 0.25) is 0 Å². The Morgan fingerprint density at radius 2 is 1.87 bits per heavy atom. The number of halogens is 4. The Morgan fingerprint density at radius 3 is 2.58 bits per heavy atom. The fourth-order valence-electron chi connectivity index (χ4n) is 4.46. The number of hydrogen-bond acceptors (Lipinski definition) is 6. The molecule has 38 heavy (non-hydrogen) atoms. The van der Waals surface area contributed by atoms with Gasteiger partial charge in [-0.3, -0.25) is 29.5 Å². The van der Waals surface area contributed by atoms with Gasteiger partial charge in [0.1, 0.15) is 11.8 Å². The number of alkyl halides is 3. The van der Waals surface area contributed by atoms with Crippen LogP contribution in [0.25, 0.3) is 10.8 Å². The summed E-state index contributed by atoms with van der Waals surface area (Å²) in [7, 11) is 1.20. The van der Waals surface area contributed by atoms with Gasteiger partial charge in [-0.05, 0) is 42.1 Å². The van der Waals surface area contributed by atoms with Gasteiger partial charge < -0.3 is 9.47 Å². The lowest BCUT2D eigenvalue weighted by Crippen LogP contribution is -2.53. The minimum absolute atomic E-state index is 0.0474. The first kappa shape index (κ1) is 25.0. The van der Waals surface area contributed by atoms with Crippen molar-refractivity contribution in [2.24, 2.45) is 0 Å². The van der Waals surface area contributed by atoms with Crippen LogP contribution in [0.4, 0.5) is 33.7 Å². The van der Waals surface area contributed by atoms with Gasteiger partial charge in [-0.2, -0.15) is 0 Å². The highest BCUT2D eigenvalue weighted by Crippen LogP contribution is 2.41. The van der Waals surface area contributed by atoms with E-state index in [1.807, 2.05) is 0 Å². The zero-order valence-electron chi connectivity index (χ0n) is 19.5. The van der Waals surface area contributed by atoms with Gasteiger partial charge >= 0.3 is 12.5 Å². The SMILES string of the molecule is CN(C(=O)Oc1cc2c3c(cccc3c1)N(C1CCC(=O)NC1=O)C2=O)c1ccc(F)c(OC(F)(F)F)c1. The number of anilines is 2. The van der Waals surface area contributed by atoms with E-state index < -0.39 is 47.8 Å². The first-order valence-corrected chi connectivity index (χ1v) is 11.2. The van der Waals surface area contributed by atoms with Crippen LogP contribution in [-0.4, -0.2) is 43.3 Å². The van der Waals surface area contributed by atoms with Crippen molar-refractivity contribution in [1.29, 1.82) is 0 Å². The number of hydrogen-bond donors (Lipinski definition) is 1. The van der Waals surface area contributed by atoms with Crippen LogP contribution < -0.4 is 24.6 Å². The summed E-state index contributed by atoms with van der Waals surface area (Å²) in [6, 6.07) is 9.35. The number of benzene rings is 3. The van der Waals surface area contributed by atoms with Crippen molar-refractivity contribution >= 4 is 46.0 Å². The second-order valence-electron chi connectivity index (χ2n) is 8.58. The van der Waals surface area contributed by atoms with Crippen LogP contribution in [0.3, 0.4) is 0 Å². The summed E-state index contributed by atoms with van der Waals surface area (Å²) >= 11 is 0. The van der Waals surface area contributed by atoms with Crippen molar-refractivity contribution in [3.05, 3.63) is 59.9 Å². The maximum Gasteiger partial charge on any atom is 0.573 e. The van der Waals surface area contributed by atoms with Crippen LogP contribution in [0.15, 0.2) is 48.5 Å². The summed E-state index contributed by atoms with van der Waals surface area (Å²) in [5.41, 5.74) is 0.481. The smallest absolute Gasteiger partial charge is 0.410 e. The third-order valence-corrected chi connectivity index (χ3v) is 6.17. The summed E-state index contributed by atoms with van der Waals surface area (Å²) in [5, 5.41) is 3.28. The number of piperidine rings is 1. The molecule has 1 saturated heterocycles. The molecule has 4 amide bonds. The van der Waals surface area contributed by atoms with E-state index in [2.05, 4.69) is 10.1 Å². The second kappa shape index (κ2) is 9.01. The Kier molecular flexibility index (Phi) is 5.93. The van der Waals surface area contributed by atoms with E-state index in [4.69, 9.17) is 4.74 Å². The molecule has 2 aliphatic rings. The van der Waals surface area contributed by atoms with Crippen molar-refractivity contribution < 1.29 is 46.2 Å². The summed E-state index contributed by atoms with van der Waals surface area (Å²) in [5.74, 6) is -4.00. The number of nitrogens with zero attached hydrogens (tertiary/aromatic N) is 2. The molecule has 3 aromatic carbocycles. The van der Waals surface area contributed by atoms with Crippen LogP contribution in [0, 0.1) is 5.82 Å². The lowest BCUT2D eigenvalue weighted by atomic mass is 10.0. The molecule has 0 spiro atoms. The maximum atomic E-state index is 13.8. The number of imide groups is 1. The van der Waals surface area contributed by atoms with Crippen LogP contribution in [0.5, 0.6) is 11.5 Å². The van der Waals surface area contributed by atoms with Gasteiger partial charge in [0.05, 0.1) is 16.9 Å². The van der Waals surface area contributed by atoms with Crippen molar-refractivity contribution in [2.45, 2.75) is 25.2 Å². The molecular weight excluding hydrogens is 514 g/mol. The standard InChI is InChI=1S/C25H17F4N3O6/c1-31(13-5-6-16(26)19(10-13)38-25(27,28)29)24(36)37-14-9-12-3-2-4-17-21(12)15(11-14)23(35)32(17)18-7-8-20(33)30-22(18)34/h2-6,9-11,18H,7-8H2,1H3,(H,30,33,34). The van der Waals surface area contributed by atoms with Crippen LogP contribution in [-0.2, 0) is 9.59 Å². The Hall–Kier alpha value is -4.68. The van der Waals surface area contributed by atoms with E-state index in [0.717, 1.165) is 11.0 Å². The average molecular weight is 531 g/mol. The highest BCUT2D eigenvalue weighted by Gasteiger charge is 2.41. The van der Waals surface area contributed by atoms with Gasteiger partial charge in [-0.1, -0.05) is 12.1 Å². The molecule has 2 aliphatic heterocycles.